The minimum absolute atomic E-state index is 0.0403. The molecule has 3 heteroatoms. The summed E-state index contributed by atoms with van der Waals surface area (Å²) in [6.07, 6.45) is 1.90. The maximum atomic E-state index is 10.6. The quantitative estimate of drug-likeness (QED) is 0.826. The highest BCUT2D eigenvalue weighted by molar-refractivity contribution is 5.73. The van der Waals surface area contributed by atoms with Crippen molar-refractivity contribution < 1.29 is 9.90 Å². The van der Waals surface area contributed by atoms with Gasteiger partial charge in [-0.15, -0.1) is 0 Å². The minimum atomic E-state index is -0.815. The van der Waals surface area contributed by atoms with Crippen LogP contribution in [0.25, 0.3) is 11.1 Å². The van der Waals surface area contributed by atoms with E-state index in [1.54, 1.807) is 0 Å². The van der Waals surface area contributed by atoms with Gasteiger partial charge in [-0.05, 0) is 18.1 Å². The first-order chi connectivity index (χ1) is 7.68. The van der Waals surface area contributed by atoms with Crippen LogP contribution in [-0.4, -0.2) is 16.1 Å². The van der Waals surface area contributed by atoms with Crippen LogP contribution in [0.5, 0.6) is 0 Å². The van der Waals surface area contributed by atoms with Gasteiger partial charge in [0.2, 0.25) is 0 Å². The van der Waals surface area contributed by atoms with E-state index in [0.29, 0.717) is 0 Å². The molecule has 2 aromatic rings. The smallest absolute Gasteiger partial charge is 0.309 e. The van der Waals surface area contributed by atoms with Crippen LogP contribution in [0.2, 0.25) is 0 Å². The number of rotatable bonds is 3. The number of aromatic nitrogens is 1. The Balaban J connectivity index is 2.37. The summed E-state index contributed by atoms with van der Waals surface area (Å²) in [5.41, 5.74) is 3.95. The van der Waals surface area contributed by atoms with Crippen molar-refractivity contribution in [1.82, 2.24) is 4.98 Å². The van der Waals surface area contributed by atoms with E-state index in [4.69, 9.17) is 5.11 Å². The van der Waals surface area contributed by atoms with Crippen LogP contribution in [0.4, 0.5) is 0 Å². The van der Waals surface area contributed by atoms with Crippen LogP contribution in [0.3, 0.4) is 0 Å². The van der Waals surface area contributed by atoms with Crippen molar-refractivity contribution in [2.75, 3.05) is 0 Å². The van der Waals surface area contributed by atoms with Crippen molar-refractivity contribution >= 4 is 5.97 Å². The molecule has 2 N–H and O–H groups in total. The topological polar surface area (TPSA) is 53.1 Å². The Morgan fingerprint density at radius 1 is 1.31 bits per heavy atom. The number of H-pyrrole nitrogens is 1. The van der Waals surface area contributed by atoms with Crippen molar-refractivity contribution in [3.63, 3.8) is 0 Å². The molecule has 0 saturated carbocycles. The summed E-state index contributed by atoms with van der Waals surface area (Å²) in [6.45, 7) is 1.94. The van der Waals surface area contributed by atoms with Crippen LogP contribution in [0.1, 0.15) is 11.3 Å². The fourth-order valence-electron chi connectivity index (χ4n) is 1.79. The molecule has 0 spiro atoms. The normalized spacial score (nSPS) is 10.3. The number of hydrogen-bond acceptors (Lipinski definition) is 1. The van der Waals surface area contributed by atoms with E-state index in [-0.39, 0.29) is 6.42 Å². The second kappa shape index (κ2) is 4.23. The standard InChI is InChI=1S/C13H13NO2/c1-9-11(10-5-3-2-4-6-10)8-14-12(9)7-13(15)16/h2-6,8,14H,7H2,1H3,(H,15,16). The molecule has 0 radical (unpaired) electrons. The molecule has 2 rings (SSSR count). The first kappa shape index (κ1) is 10.5. The van der Waals surface area contributed by atoms with E-state index in [1.165, 1.54) is 0 Å². The van der Waals surface area contributed by atoms with Crippen LogP contribution in [0, 0.1) is 6.92 Å². The van der Waals surface area contributed by atoms with E-state index in [9.17, 15) is 4.79 Å². The predicted octanol–water partition coefficient (Wildman–Crippen LogP) is 2.62. The van der Waals surface area contributed by atoms with Crippen molar-refractivity contribution in [3.05, 3.63) is 47.8 Å². The largest absolute Gasteiger partial charge is 0.481 e. The van der Waals surface area contributed by atoms with Crippen molar-refractivity contribution in [2.24, 2.45) is 0 Å². The fourth-order valence-corrected chi connectivity index (χ4v) is 1.79. The maximum absolute atomic E-state index is 10.6. The van der Waals surface area contributed by atoms with Gasteiger partial charge in [0.05, 0.1) is 6.42 Å². The number of carboxylic acid groups (broad SMARTS) is 1. The zero-order valence-corrected chi connectivity index (χ0v) is 9.03. The van der Waals surface area contributed by atoms with Crippen molar-refractivity contribution in [2.45, 2.75) is 13.3 Å². The Kier molecular flexibility index (Phi) is 2.77. The molecule has 1 aromatic heterocycles. The molecular formula is C13H13NO2. The molecule has 1 aromatic carbocycles. The molecule has 0 aliphatic rings. The van der Waals surface area contributed by atoms with Gasteiger partial charge < -0.3 is 10.1 Å². The lowest BCUT2D eigenvalue weighted by Gasteiger charge is -2.00. The van der Waals surface area contributed by atoms with Gasteiger partial charge in [-0.25, -0.2) is 0 Å². The summed E-state index contributed by atoms with van der Waals surface area (Å²) in [5.74, 6) is -0.815. The Labute approximate surface area is 93.7 Å². The van der Waals surface area contributed by atoms with E-state index in [1.807, 2.05) is 43.5 Å². The first-order valence-electron chi connectivity index (χ1n) is 5.12. The van der Waals surface area contributed by atoms with Crippen molar-refractivity contribution in [1.29, 1.82) is 0 Å². The van der Waals surface area contributed by atoms with Crippen LogP contribution >= 0.6 is 0 Å². The number of aliphatic carboxylic acids is 1. The zero-order valence-electron chi connectivity index (χ0n) is 9.03. The van der Waals surface area contributed by atoms with Gasteiger partial charge in [0.15, 0.2) is 0 Å². The summed E-state index contributed by atoms with van der Waals surface area (Å²) in [4.78, 5) is 13.7. The van der Waals surface area contributed by atoms with Gasteiger partial charge in [0, 0.05) is 17.5 Å². The monoisotopic (exact) mass is 215 g/mol. The van der Waals surface area contributed by atoms with Crippen LogP contribution in [-0.2, 0) is 11.2 Å². The highest BCUT2D eigenvalue weighted by Gasteiger charge is 2.10. The van der Waals surface area contributed by atoms with Gasteiger partial charge in [-0.2, -0.15) is 0 Å². The summed E-state index contributed by atoms with van der Waals surface area (Å²) in [7, 11) is 0. The molecule has 3 nitrogen and oxygen atoms in total. The molecule has 1 heterocycles. The average molecular weight is 215 g/mol. The lowest BCUT2D eigenvalue weighted by Crippen LogP contribution is -2.01. The molecule has 82 valence electrons. The maximum Gasteiger partial charge on any atom is 0.309 e. The summed E-state index contributed by atoms with van der Waals surface area (Å²) in [5, 5.41) is 8.75. The number of hydrogen-bond donors (Lipinski definition) is 2. The molecule has 0 aliphatic heterocycles. The third-order valence-electron chi connectivity index (χ3n) is 2.66. The molecule has 0 amide bonds. The molecule has 0 atom stereocenters. The van der Waals surface area contributed by atoms with Crippen molar-refractivity contribution in [3.8, 4) is 11.1 Å². The van der Waals surface area contributed by atoms with Gasteiger partial charge in [-0.3, -0.25) is 4.79 Å². The van der Waals surface area contributed by atoms with E-state index >= 15 is 0 Å². The predicted molar refractivity (Wildman–Crippen MR) is 62.3 cm³/mol. The number of carbonyl (C=O) groups is 1. The molecule has 0 unspecified atom stereocenters. The van der Waals surface area contributed by atoms with E-state index < -0.39 is 5.97 Å². The summed E-state index contributed by atoms with van der Waals surface area (Å²) < 4.78 is 0. The summed E-state index contributed by atoms with van der Waals surface area (Å²) >= 11 is 0. The van der Waals surface area contributed by atoms with Gasteiger partial charge in [0.1, 0.15) is 0 Å². The second-order valence-corrected chi connectivity index (χ2v) is 3.74. The lowest BCUT2D eigenvalue weighted by atomic mass is 10.0. The highest BCUT2D eigenvalue weighted by Crippen LogP contribution is 2.25. The Morgan fingerprint density at radius 2 is 2.00 bits per heavy atom. The Hall–Kier alpha value is -2.03. The van der Waals surface area contributed by atoms with Crippen LogP contribution in [0.15, 0.2) is 36.5 Å². The van der Waals surface area contributed by atoms with E-state index in [0.717, 1.165) is 22.4 Å². The number of carboxylic acids is 1. The fraction of sp³-hybridized carbons (Fsp3) is 0.154. The third kappa shape index (κ3) is 1.98. The van der Waals surface area contributed by atoms with Gasteiger partial charge in [0.25, 0.3) is 0 Å². The van der Waals surface area contributed by atoms with E-state index in [2.05, 4.69) is 4.98 Å². The van der Waals surface area contributed by atoms with Gasteiger partial charge in [-0.1, -0.05) is 30.3 Å². The molecular weight excluding hydrogens is 202 g/mol. The Bertz CT molecular complexity index is 500. The first-order valence-corrected chi connectivity index (χ1v) is 5.12. The zero-order chi connectivity index (χ0) is 11.5. The molecule has 0 aliphatic carbocycles. The number of aromatic amines is 1. The number of benzene rings is 1. The average Bonchev–Trinajstić information content (AvgIpc) is 2.61. The van der Waals surface area contributed by atoms with Gasteiger partial charge >= 0.3 is 5.97 Å². The number of nitrogens with one attached hydrogen (secondary N) is 1. The van der Waals surface area contributed by atoms with Crippen LogP contribution < -0.4 is 0 Å². The SMILES string of the molecule is Cc1c(-c2ccccc2)c[nH]c1CC(=O)O. The summed E-state index contributed by atoms with van der Waals surface area (Å²) in [6, 6.07) is 9.93. The molecule has 0 fully saturated rings. The third-order valence-corrected chi connectivity index (χ3v) is 2.66. The Morgan fingerprint density at radius 3 is 2.62 bits per heavy atom. The molecule has 0 saturated heterocycles. The molecule has 0 bridgehead atoms. The minimum Gasteiger partial charge on any atom is -0.481 e. The lowest BCUT2D eigenvalue weighted by molar-refractivity contribution is -0.136. The highest BCUT2D eigenvalue weighted by atomic mass is 16.4. The second-order valence-electron chi connectivity index (χ2n) is 3.74. The molecule has 16 heavy (non-hydrogen) atoms.